The standard InChI is InChI=1S/C12H22O3.Al.O/c1-8(2)6-12(10(5)13,11(14)15)7-9(3)4;;/h8-9H,6-7H2,1-5H3,(H,14,15);;/q;+1;/p-1. The van der Waals surface area contributed by atoms with Gasteiger partial charge in [-0.15, -0.1) is 0 Å². The van der Waals surface area contributed by atoms with Crippen LogP contribution in [0, 0.1) is 17.3 Å². The van der Waals surface area contributed by atoms with Gasteiger partial charge >= 0.3 is 109 Å². The molecular formula is C12H21AlO4. The van der Waals surface area contributed by atoms with Gasteiger partial charge in [-0.05, 0) is 0 Å². The molecule has 0 aromatic heterocycles. The van der Waals surface area contributed by atoms with Crippen molar-refractivity contribution in [2.75, 3.05) is 0 Å². The van der Waals surface area contributed by atoms with Gasteiger partial charge in [-0.3, -0.25) is 0 Å². The molecule has 0 heterocycles. The van der Waals surface area contributed by atoms with Crippen LogP contribution in [0.25, 0.3) is 0 Å². The molecule has 0 aromatic carbocycles. The van der Waals surface area contributed by atoms with E-state index >= 15 is 0 Å². The summed E-state index contributed by atoms with van der Waals surface area (Å²) in [7, 11) is 0. The molecule has 0 rings (SSSR count). The van der Waals surface area contributed by atoms with Crippen LogP contribution in [0.15, 0.2) is 0 Å². The van der Waals surface area contributed by atoms with Crippen molar-refractivity contribution >= 4 is 27.2 Å². The maximum absolute atomic E-state index is 12.0. The van der Waals surface area contributed by atoms with Gasteiger partial charge in [-0.2, -0.15) is 0 Å². The normalized spacial score (nSPS) is 11.5. The van der Waals surface area contributed by atoms with Crippen molar-refractivity contribution in [1.29, 1.82) is 0 Å². The molecule has 17 heavy (non-hydrogen) atoms. The Kier molecular flexibility index (Phi) is 6.81. The molecule has 0 aliphatic rings. The number of carbonyl (C=O) groups excluding carboxylic acids is 2. The van der Waals surface area contributed by atoms with Crippen molar-refractivity contribution in [1.82, 2.24) is 0 Å². The zero-order valence-electron chi connectivity index (χ0n) is 11.3. The topological polar surface area (TPSA) is 60.4 Å². The molecular weight excluding hydrogens is 235 g/mol. The number of rotatable bonds is 7. The molecule has 0 fully saturated rings. The number of ketones is 1. The van der Waals surface area contributed by atoms with Crippen molar-refractivity contribution in [3.63, 3.8) is 0 Å². The van der Waals surface area contributed by atoms with E-state index in [1.807, 2.05) is 27.7 Å². The Morgan fingerprint density at radius 2 is 1.53 bits per heavy atom. The van der Waals surface area contributed by atoms with E-state index in [4.69, 9.17) is 0 Å². The zero-order valence-corrected chi connectivity index (χ0v) is 12.4. The molecule has 0 atom stereocenters. The minimum absolute atomic E-state index is 0.197. The van der Waals surface area contributed by atoms with Crippen molar-refractivity contribution in [3.05, 3.63) is 0 Å². The van der Waals surface area contributed by atoms with Crippen molar-refractivity contribution in [3.8, 4) is 0 Å². The van der Waals surface area contributed by atoms with Crippen LogP contribution in [-0.4, -0.2) is 27.2 Å². The maximum atomic E-state index is 12.0. The van der Waals surface area contributed by atoms with Crippen LogP contribution in [0.1, 0.15) is 47.5 Å². The third kappa shape index (κ3) is 4.69. The molecule has 0 aliphatic carbocycles. The third-order valence-corrected chi connectivity index (χ3v) is 3.04. The molecule has 0 spiro atoms. The molecule has 0 aliphatic heterocycles. The third-order valence-electron chi connectivity index (χ3n) is 2.73. The fourth-order valence-electron chi connectivity index (χ4n) is 2.23. The monoisotopic (exact) mass is 256 g/mol. The van der Waals surface area contributed by atoms with Gasteiger partial charge in [-0.25, -0.2) is 0 Å². The molecule has 0 aromatic rings. The summed E-state index contributed by atoms with van der Waals surface area (Å²) < 4.78 is 15.1. The Labute approximate surface area is 109 Å². The Morgan fingerprint density at radius 1 is 1.12 bits per heavy atom. The second-order valence-electron chi connectivity index (χ2n) is 5.34. The second kappa shape index (κ2) is 7.03. The van der Waals surface area contributed by atoms with Gasteiger partial charge in [-0.1, -0.05) is 0 Å². The fraction of sp³-hybridized carbons (Fsp3) is 0.833. The predicted octanol–water partition coefficient (Wildman–Crippen LogP) is 2.16. The van der Waals surface area contributed by atoms with E-state index in [1.54, 1.807) is 0 Å². The summed E-state index contributed by atoms with van der Waals surface area (Å²) >= 11 is -1.61. The Bertz CT molecular complexity index is 287. The van der Waals surface area contributed by atoms with E-state index in [9.17, 15) is 13.4 Å². The molecule has 0 radical (unpaired) electrons. The van der Waals surface area contributed by atoms with Crippen molar-refractivity contribution < 1.29 is 17.2 Å². The molecule has 0 amide bonds. The average Bonchev–Trinajstić information content (AvgIpc) is 2.14. The SMILES string of the molecule is CC(=O)C(CC(C)C)(CC(C)C)C(=O)[O][Al]=[O]. The van der Waals surface area contributed by atoms with Crippen LogP contribution < -0.4 is 0 Å². The molecule has 0 bridgehead atoms. The molecule has 0 saturated carbocycles. The number of carbonyl (C=O) groups is 2. The summed E-state index contributed by atoms with van der Waals surface area (Å²) in [6.07, 6.45) is 0.886. The van der Waals surface area contributed by atoms with E-state index < -0.39 is 26.9 Å². The Hall–Kier alpha value is -0.528. The summed E-state index contributed by atoms with van der Waals surface area (Å²) in [5, 5.41) is 0. The molecule has 96 valence electrons. The summed E-state index contributed by atoms with van der Waals surface area (Å²) in [6.45, 7) is 9.22. The Balaban J connectivity index is 5.29. The second-order valence-corrected chi connectivity index (χ2v) is 5.76. The van der Waals surface area contributed by atoms with Crippen LogP contribution >= 0.6 is 0 Å². The van der Waals surface area contributed by atoms with E-state index in [0.717, 1.165) is 0 Å². The predicted molar refractivity (Wildman–Crippen MR) is 64.6 cm³/mol. The van der Waals surface area contributed by atoms with E-state index in [0.29, 0.717) is 12.8 Å². The van der Waals surface area contributed by atoms with Gasteiger partial charge in [0.1, 0.15) is 0 Å². The van der Waals surface area contributed by atoms with E-state index in [-0.39, 0.29) is 17.6 Å². The van der Waals surface area contributed by atoms with Crippen LogP contribution in [-0.2, 0) is 17.2 Å². The number of hydrogen-bond donors (Lipinski definition) is 0. The molecule has 0 saturated heterocycles. The van der Waals surface area contributed by atoms with Gasteiger partial charge < -0.3 is 0 Å². The summed E-state index contributed by atoms with van der Waals surface area (Å²) in [4.78, 5) is 23.8. The van der Waals surface area contributed by atoms with Crippen molar-refractivity contribution in [2.24, 2.45) is 17.3 Å². The van der Waals surface area contributed by atoms with Gasteiger partial charge in [0, 0.05) is 0 Å². The van der Waals surface area contributed by atoms with E-state index in [2.05, 4.69) is 3.79 Å². The molecule has 5 heteroatoms. The van der Waals surface area contributed by atoms with Crippen LogP contribution in [0.2, 0.25) is 0 Å². The summed E-state index contributed by atoms with van der Waals surface area (Å²) in [6, 6.07) is 0. The fourth-order valence-corrected chi connectivity index (χ4v) is 2.54. The first-order valence-electron chi connectivity index (χ1n) is 5.92. The molecule has 4 nitrogen and oxygen atoms in total. The van der Waals surface area contributed by atoms with Gasteiger partial charge in [0.25, 0.3) is 0 Å². The summed E-state index contributed by atoms with van der Waals surface area (Å²) in [5.41, 5.74) is -1.13. The zero-order chi connectivity index (χ0) is 13.6. The van der Waals surface area contributed by atoms with Gasteiger partial charge in [0.05, 0.1) is 0 Å². The Morgan fingerprint density at radius 3 is 1.76 bits per heavy atom. The number of hydrogen-bond acceptors (Lipinski definition) is 4. The van der Waals surface area contributed by atoms with Gasteiger partial charge in [0.15, 0.2) is 0 Å². The van der Waals surface area contributed by atoms with Crippen LogP contribution in [0.4, 0.5) is 0 Å². The van der Waals surface area contributed by atoms with Crippen LogP contribution in [0.5, 0.6) is 0 Å². The first-order chi connectivity index (χ1) is 7.76. The molecule has 0 N–H and O–H groups in total. The van der Waals surface area contributed by atoms with Gasteiger partial charge in [0.2, 0.25) is 0 Å². The molecule has 0 unspecified atom stereocenters. The van der Waals surface area contributed by atoms with E-state index in [1.165, 1.54) is 6.92 Å². The van der Waals surface area contributed by atoms with Crippen LogP contribution in [0.3, 0.4) is 0 Å². The average molecular weight is 256 g/mol. The minimum atomic E-state index is -1.61. The van der Waals surface area contributed by atoms with Crippen molar-refractivity contribution in [2.45, 2.75) is 47.5 Å². The summed E-state index contributed by atoms with van der Waals surface area (Å²) in [5.74, 6) is -0.422. The first-order valence-corrected chi connectivity index (χ1v) is 6.86. The quantitative estimate of drug-likeness (QED) is 0.517. The first kappa shape index (κ1) is 16.5. The number of Topliss-reactive ketones (excluding diaryl/α,β-unsaturated/α-hetero) is 1.